The van der Waals surface area contributed by atoms with E-state index in [9.17, 15) is 0 Å². The zero-order chi connectivity index (χ0) is 7.52. The van der Waals surface area contributed by atoms with Crippen molar-refractivity contribution in [3.8, 4) is 0 Å². The van der Waals surface area contributed by atoms with Crippen molar-refractivity contribution in [2.45, 2.75) is 32.1 Å². The van der Waals surface area contributed by atoms with Crippen molar-refractivity contribution in [2.24, 2.45) is 11.8 Å². The normalized spacial score (nSPS) is 29.5. The minimum atomic E-state index is 0.704. The maximum absolute atomic E-state index is 4.91. The van der Waals surface area contributed by atoms with Crippen LogP contribution >= 0.6 is 0 Å². The molecule has 1 heterocycles. The van der Waals surface area contributed by atoms with E-state index >= 15 is 0 Å². The molecule has 1 saturated heterocycles. The third kappa shape index (κ3) is 1.74. The van der Waals surface area contributed by atoms with E-state index in [-0.39, 0.29) is 0 Å². The molecule has 0 aromatic carbocycles. The minimum absolute atomic E-state index is 0.704. The van der Waals surface area contributed by atoms with E-state index in [1.54, 1.807) is 0 Å². The molecule has 0 radical (unpaired) electrons. The van der Waals surface area contributed by atoms with Gasteiger partial charge in [-0.15, -0.1) is 0 Å². The Kier molecular flexibility index (Phi) is 2.44. The third-order valence-corrected chi connectivity index (χ3v) is 2.96. The summed E-state index contributed by atoms with van der Waals surface area (Å²) in [6.07, 6.45) is 7.07. The summed E-state index contributed by atoms with van der Waals surface area (Å²) in [5.74, 6) is 1.60. The first-order chi connectivity index (χ1) is 5.47. The van der Waals surface area contributed by atoms with Gasteiger partial charge in [-0.3, -0.25) is 0 Å². The van der Waals surface area contributed by atoms with Crippen LogP contribution in [0.1, 0.15) is 32.1 Å². The van der Waals surface area contributed by atoms with Crippen molar-refractivity contribution < 1.29 is 9.78 Å². The molecule has 2 nitrogen and oxygen atoms in total. The molecule has 1 saturated carbocycles. The molecule has 0 spiro atoms. The standard InChI is InChI=1S/C9H16O2/c1-2-4-8(5-3-1)9-6-10-11-7-9/h8-9H,1-7H2. The van der Waals surface area contributed by atoms with Gasteiger partial charge in [0.1, 0.15) is 0 Å². The summed E-state index contributed by atoms with van der Waals surface area (Å²) in [5, 5.41) is 0. The molecule has 0 aromatic rings. The van der Waals surface area contributed by atoms with E-state index < -0.39 is 0 Å². The molecule has 0 atom stereocenters. The first kappa shape index (κ1) is 7.56. The van der Waals surface area contributed by atoms with Crippen molar-refractivity contribution in [3.05, 3.63) is 0 Å². The Balaban J connectivity index is 1.82. The van der Waals surface area contributed by atoms with Gasteiger partial charge in [-0.1, -0.05) is 32.1 Å². The quantitative estimate of drug-likeness (QED) is 0.541. The molecule has 2 heteroatoms. The first-order valence-corrected chi connectivity index (χ1v) is 4.71. The molecule has 1 aliphatic carbocycles. The summed E-state index contributed by atoms with van der Waals surface area (Å²) < 4.78 is 0. The van der Waals surface area contributed by atoms with Gasteiger partial charge in [-0.25, -0.2) is 9.78 Å². The zero-order valence-corrected chi connectivity index (χ0v) is 6.92. The summed E-state index contributed by atoms with van der Waals surface area (Å²) in [4.78, 5) is 9.82. The van der Waals surface area contributed by atoms with E-state index in [0.29, 0.717) is 5.92 Å². The molecule has 1 aliphatic heterocycles. The lowest BCUT2D eigenvalue weighted by atomic mass is 9.81. The Bertz CT molecular complexity index is 113. The lowest BCUT2D eigenvalue weighted by Crippen LogP contribution is -2.20. The van der Waals surface area contributed by atoms with Gasteiger partial charge in [0.05, 0.1) is 13.2 Å². The maximum atomic E-state index is 4.91. The second-order valence-corrected chi connectivity index (χ2v) is 3.73. The largest absolute Gasteiger partial charge is 0.236 e. The van der Waals surface area contributed by atoms with Crippen LogP contribution in [0, 0.1) is 11.8 Å². The predicted molar refractivity (Wildman–Crippen MR) is 42.0 cm³/mol. The van der Waals surface area contributed by atoms with Crippen molar-refractivity contribution in [1.82, 2.24) is 0 Å². The molecule has 0 bridgehead atoms. The summed E-state index contributed by atoms with van der Waals surface area (Å²) >= 11 is 0. The van der Waals surface area contributed by atoms with Crippen LogP contribution in [0.15, 0.2) is 0 Å². The fourth-order valence-electron chi connectivity index (χ4n) is 2.20. The van der Waals surface area contributed by atoms with Gasteiger partial charge >= 0.3 is 0 Å². The average molecular weight is 156 g/mol. The topological polar surface area (TPSA) is 18.5 Å². The highest BCUT2D eigenvalue weighted by Crippen LogP contribution is 2.32. The average Bonchev–Trinajstić information content (AvgIpc) is 2.58. The Morgan fingerprint density at radius 2 is 1.36 bits per heavy atom. The van der Waals surface area contributed by atoms with E-state index in [0.717, 1.165) is 19.1 Å². The van der Waals surface area contributed by atoms with Gasteiger partial charge in [0.2, 0.25) is 0 Å². The molecule has 64 valence electrons. The summed E-state index contributed by atoms with van der Waals surface area (Å²) in [5.41, 5.74) is 0. The fourth-order valence-corrected chi connectivity index (χ4v) is 2.20. The maximum Gasteiger partial charge on any atom is 0.0876 e. The first-order valence-electron chi connectivity index (χ1n) is 4.71. The van der Waals surface area contributed by atoms with Crippen LogP contribution in [0.25, 0.3) is 0 Å². The second-order valence-electron chi connectivity index (χ2n) is 3.73. The van der Waals surface area contributed by atoms with Crippen molar-refractivity contribution in [1.29, 1.82) is 0 Å². The van der Waals surface area contributed by atoms with Crippen molar-refractivity contribution in [2.75, 3.05) is 13.2 Å². The van der Waals surface area contributed by atoms with Crippen LogP contribution < -0.4 is 0 Å². The lowest BCUT2D eigenvalue weighted by molar-refractivity contribution is -0.248. The molecule has 2 aliphatic rings. The molecular weight excluding hydrogens is 140 g/mol. The van der Waals surface area contributed by atoms with Gasteiger partial charge in [-0.2, -0.15) is 0 Å². The SMILES string of the molecule is C1CCC(C2COOC2)CC1. The Hall–Kier alpha value is -0.0800. The Morgan fingerprint density at radius 1 is 0.727 bits per heavy atom. The third-order valence-electron chi connectivity index (χ3n) is 2.96. The Morgan fingerprint density at radius 3 is 2.00 bits per heavy atom. The summed E-state index contributed by atoms with van der Waals surface area (Å²) in [7, 11) is 0. The van der Waals surface area contributed by atoms with Gasteiger partial charge in [0.15, 0.2) is 0 Å². The van der Waals surface area contributed by atoms with Crippen LogP contribution in [0.4, 0.5) is 0 Å². The van der Waals surface area contributed by atoms with Crippen molar-refractivity contribution in [3.63, 3.8) is 0 Å². The summed E-state index contributed by atoms with van der Waals surface area (Å²) in [6.45, 7) is 1.68. The molecular formula is C9H16O2. The highest BCUT2D eigenvalue weighted by atomic mass is 17.2. The molecule has 0 N–H and O–H groups in total. The van der Waals surface area contributed by atoms with E-state index in [2.05, 4.69) is 0 Å². The minimum Gasteiger partial charge on any atom is -0.236 e. The van der Waals surface area contributed by atoms with Gasteiger partial charge in [0.25, 0.3) is 0 Å². The highest BCUT2D eigenvalue weighted by molar-refractivity contribution is 4.74. The van der Waals surface area contributed by atoms with Crippen LogP contribution in [0.2, 0.25) is 0 Å². The van der Waals surface area contributed by atoms with Crippen LogP contribution in [-0.4, -0.2) is 13.2 Å². The molecule has 0 unspecified atom stereocenters. The second kappa shape index (κ2) is 3.55. The molecule has 0 aromatic heterocycles. The van der Waals surface area contributed by atoms with Gasteiger partial charge < -0.3 is 0 Å². The smallest absolute Gasteiger partial charge is 0.0876 e. The van der Waals surface area contributed by atoms with E-state index in [4.69, 9.17) is 9.78 Å². The van der Waals surface area contributed by atoms with Crippen molar-refractivity contribution >= 4 is 0 Å². The predicted octanol–water partition coefficient (Wildman–Crippen LogP) is 2.14. The van der Waals surface area contributed by atoms with E-state index in [1.807, 2.05) is 0 Å². The number of hydrogen-bond acceptors (Lipinski definition) is 2. The Labute approximate surface area is 67.8 Å². The van der Waals surface area contributed by atoms with Crippen LogP contribution in [0.5, 0.6) is 0 Å². The molecule has 0 amide bonds. The number of hydrogen-bond donors (Lipinski definition) is 0. The van der Waals surface area contributed by atoms with Crippen LogP contribution in [0.3, 0.4) is 0 Å². The monoisotopic (exact) mass is 156 g/mol. The zero-order valence-electron chi connectivity index (χ0n) is 6.92. The van der Waals surface area contributed by atoms with Gasteiger partial charge in [-0.05, 0) is 5.92 Å². The van der Waals surface area contributed by atoms with Gasteiger partial charge in [0, 0.05) is 5.92 Å². The highest BCUT2D eigenvalue weighted by Gasteiger charge is 2.27. The summed E-state index contributed by atoms with van der Waals surface area (Å²) in [6, 6.07) is 0. The molecule has 2 rings (SSSR count). The molecule has 2 fully saturated rings. The molecule has 11 heavy (non-hydrogen) atoms. The lowest BCUT2D eigenvalue weighted by Gasteiger charge is -2.24. The van der Waals surface area contributed by atoms with E-state index in [1.165, 1.54) is 32.1 Å². The van der Waals surface area contributed by atoms with Crippen LogP contribution in [-0.2, 0) is 9.78 Å². The number of rotatable bonds is 1. The fraction of sp³-hybridized carbons (Fsp3) is 1.00.